The number of carbonyl (C=O) groups is 2. The van der Waals surface area contributed by atoms with E-state index in [9.17, 15) is 9.59 Å². The van der Waals surface area contributed by atoms with Gasteiger partial charge in [0, 0.05) is 52.1 Å². The Kier molecular flexibility index (Phi) is 6.36. The lowest BCUT2D eigenvalue weighted by molar-refractivity contribution is -0.222. The van der Waals surface area contributed by atoms with Gasteiger partial charge in [0.15, 0.2) is 0 Å². The van der Waals surface area contributed by atoms with Crippen LogP contribution in [0.5, 0.6) is 5.75 Å². The number of ether oxygens (including phenoxy) is 3. The molecule has 2 aliphatic heterocycles. The Morgan fingerprint density at radius 3 is 2.29 bits per heavy atom. The van der Waals surface area contributed by atoms with Gasteiger partial charge in [-0.2, -0.15) is 0 Å². The molecule has 3 rings (SSSR count). The fraction of sp³-hybridized carbons (Fsp3) is 0.524. The van der Waals surface area contributed by atoms with E-state index in [0.717, 1.165) is 39.3 Å². The molecular weight excluding hydrogens is 360 g/mol. The number of piperazine rings is 1. The van der Waals surface area contributed by atoms with E-state index in [2.05, 4.69) is 16.7 Å². The zero-order valence-corrected chi connectivity index (χ0v) is 16.8. The van der Waals surface area contributed by atoms with Crippen LogP contribution in [-0.4, -0.2) is 73.4 Å². The summed E-state index contributed by atoms with van der Waals surface area (Å²) in [6.07, 6.45) is 1.47. The van der Waals surface area contributed by atoms with Crippen molar-refractivity contribution < 1.29 is 23.8 Å². The Balaban J connectivity index is 1.62. The Hall–Kier alpha value is -2.38. The smallest absolute Gasteiger partial charge is 0.348 e. The molecule has 7 nitrogen and oxygen atoms in total. The summed E-state index contributed by atoms with van der Waals surface area (Å²) in [5, 5.41) is 0. The van der Waals surface area contributed by atoms with Gasteiger partial charge in [-0.3, -0.25) is 4.90 Å². The second-order valence-electron chi connectivity index (χ2n) is 7.40. The molecule has 2 saturated heterocycles. The summed E-state index contributed by atoms with van der Waals surface area (Å²) in [5.74, 6) is -2.01. The molecule has 0 bridgehead atoms. The van der Waals surface area contributed by atoms with Crippen molar-refractivity contribution in [2.75, 3.05) is 45.9 Å². The van der Waals surface area contributed by atoms with E-state index in [0.29, 0.717) is 17.9 Å². The topological polar surface area (TPSA) is 68.3 Å². The second kappa shape index (κ2) is 8.75. The third-order valence-electron chi connectivity index (χ3n) is 4.91. The van der Waals surface area contributed by atoms with E-state index < -0.39 is 17.7 Å². The highest BCUT2D eigenvalue weighted by Crippen LogP contribution is 2.27. The minimum Gasteiger partial charge on any atom is -0.492 e. The van der Waals surface area contributed by atoms with E-state index >= 15 is 0 Å². The summed E-state index contributed by atoms with van der Waals surface area (Å²) in [6.45, 7) is 11.9. The lowest BCUT2D eigenvalue weighted by Crippen LogP contribution is -2.47. The van der Waals surface area contributed by atoms with E-state index in [1.165, 1.54) is 19.9 Å². The zero-order valence-electron chi connectivity index (χ0n) is 16.8. The molecule has 0 saturated carbocycles. The van der Waals surface area contributed by atoms with Crippen molar-refractivity contribution in [2.24, 2.45) is 0 Å². The number of nitrogens with zero attached hydrogens (tertiary/aromatic N) is 2. The third kappa shape index (κ3) is 5.11. The van der Waals surface area contributed by atoms with Gasteiger partial charge < -0.3 is 19.1 Å². The van der Waals surface area contributed by atoms with Gasteiger partial charge in [0.05, 0.1) is 0 Å². The Labute approximate surface area is 165 Å². The highest BCUT2D eigenvalue weighted by Gasteiger charge is 2.39. The third-order valence-corrected chi connectivity index (χ3v) is 4.91. The molecule has 2 fully saturated rings. The van der Waals surface area contributed by atoms with Crippen molar-refractivity contribution in [2.45, 2.75) is 26.6 Å². The van der Waals surface area contributed by atoms with Crippen molar-refractivity contribution in [3.63, 3.8) is 0 Å². The fourth-order valence-corrected chi connectivity index (χ4v) is 3.28. The quantitative estimate of drug-likeness (QED) is 0.419. The summed E-state index contributed by atoms with van der Waals surface area (Å²) < 4.78 is 16.2. The van der Waals surface area contributed by atoms with Gasteiger partial charge in [0.1, 0.15) is 17.9 Å². The average Bonchev–Trinajstić information content (AvgIpc) is 2.65. The molecule has 0 aromatic heterocycles. The first-order chi connectivity index (χ1) is 13.4. The number of carbonyl (C=O) groups excluding carboxylic acids is 2. The summed E-state index contributed by atoms with van der Waals surface area (Å²) in [7, 11) is 0. The number of benzene rings is 1. The van der Waals surface area contributed by atoms with Gasteiger partial charge in [0.25, 0.3) is 5.79 Å². The van der Waals surface area contributed by atoms with Gasteiger partial charge in [0.2, 0.25) is 0 Å². The van der Waals surface area contributed by atoms with Crippen LogP contribution in [0.1, 0.15) is 26.3 Å². The van der Waals surface area contributed by atoms with Gasteiger partial charge in [-0.05, 0) is 18.7 Å². The van der Waals surface area contributed by atoms with Gasteiger partial charge >= 0.3 is 11.9 Å². The number of esters is 2. The molecule has 0 amide bonds. The van der Waals surface area contributed by atoms with E-state index in [-0.39, 0.29) is 5.57 Å². The molecular formula is C21H28N2O5. The molecule has 7 heteroatoms. The van der Waals surface area contributed by atoms with E-state index in [1.54, 1.807) is 6.07 Å². The molecule has 1 aromatic carbocycles. The predicted octanol–water partition coefficient (Wildman–Crippen LogP) is 1.92. The van der Waals surface area contributed by atoms with Crippen LogP contribution in [0.15, 0.2) is 29.8 Å². The number of para-hydroxylation sites is 1. The lowest BCUT2D eigenvalue weighted by Gasteiger charge is -2.33. The van der Waals surface area contributed by atoms with Crippen molar-refractivity contribution in [1.82, 2.24) is 9.80 Å². The van der Waals surface area contributed by atoms with Crippen LogP contribution < -0.4 is 4.74 Å². The van der Waals surface area contributed by atoms with Crippen LogP contribution in [0.3, 0.4) is 0 Å². The Morgan fingerprint density at radius 1 is 1.04 bits per heavy atom. The van der Waals surface area contributed by atoms with Crippen LogP contribution in [0, 0.1) is 0 Å². The predicted molar refractivity (Wildman–Crippen MR) is 105 cm³/mol. The largest absolute Gasteiger partial charge is 0.492 e. The molecule has 28 heavy (non-hydrogen) atoms. The first-order valence-electron chi connectivity index (χ1n) is 9.73. The minimum absolute atomic E-state index is 0.133. The van der Waals surface area contributed by atoms with Crippen LogP contribution in [-0.2, 0) is 19.1 Å². The van der Waals surface area contributed by atoms with Crippen molar-refractivity contribution in [1.29, 1.82) is 0 Å². The zero-order chi connectivity index (χ0) is 20.1. The normalized spacial score (nSPS) is 20.5. The minimum atomic E-state index is -1.25. The Bertz CT molecular complexity index is 729. The summed E-state index contributed by atoms with van der Waals surface area (Å²) in [5.41, 5.74) is 0.507. The Morgan fingerprint density at radius 2 is 1.64 bits per heavy atom. The highest BCUT2D eigenvalue weighted by molar-refractivity contribution is 6.19. The number of cyclic esters (lactones) is 2. The molecule has 2 aliphatic rings. The van der Waals surface area contributed by atoms with Crippen LogP contribution >= 0.6 is 0 Å². The van der Waals surface area contributed by atoms with Crippen LogP contribution in [0.4, 0.5) is 0 Å². The molecule has 0 N–H and O–H groups in total. The first kappa shape index (κ1) is 20.4. The number of rotatable bonds is 6. The van der Waals surface area contributed by atoms with Crippen molar-refractivity contribution in [3.8, 4) is 5.75 Å². The maximum atomic E-state index is 12.2. The molecule has 0 unspecified atom stereocenters. The summed E-state index contributed by atoms with van der Waals surface area (Å²) in [6, 6.07) is 7.30. The summed E-state index contributed by atoms with van der Waals surface area (Å²) in [4.78, 5) is 29.1. The van der Waals surface area contributed by atoms with Gasteiger partial charge in [-0.25, -0.2) is 9.59 Å². The molecule has 2 heterocycles. The number of hydrogen-bond donors (Lipinski definition) is 0. The van der Waals surface area contributed by atoms with Gasteiger partial charge in [-0.15, -0.1) is 0 Å². The highest BCUT2D eigenvalue weighted by atomic mass is 16.7. The SMILES string of the molecule is CCN1CCN(CCOc2ccccc2C=C2C(=O)OC(C)(C)OC2=O)CC1. The first-order valence-corrected chi connectivity index (χ1v) is 9.73. The molecule has 0 spiro atoms. The molecule has 152 valence electrons. The maximum absolute atomic E-state index is 12.2. The average molecular weight is 388 g/mol. The van der Waals surface area contributed by atoms with Crippen molar-refractivity contribution >= 4 is 18.0 Å². The molecule has 0 radical (unpaired) electrons. The fourth-order valence-electron chi connectivity index (χ4n) is 3.28. The molecule has 1 aromatic rings. The number of hydrogen-bond acceptors (Lipinski definition) is 7. The van der Waals surface area contributed by atoms with Crippen LogP contribution in [0.25, 0.3) is 6.08 Å². The van der Waals surface area contributed by atoms with Crippen LogP contribution in [0.2, 0.25) is 0 Å². The summed E-state index contributed by atoms with van der Waals surface area (Å²) >= 11 is 0. The standard InChI is InChI=1S/C21H28N2O5/c1-4-22-9-11-23(12-10-22)13-14-26-18-8-6-5-7-16(18)15-17-19(24)27-21(2,3)28-20(17)25/h5-8,15H,4,9-14H2,1-3H3. The lowest BCUT2D eigenvalue weighted by atomic mass is 10.1. The second-order valence-corrected chi connectivity index (χ2v) is 7.40. The number of likely N-dealkylation sites (N-methyl/N-ethyl adjacent to an activating group) is 1. The maximum Gasteiger partial charge on any atom is 0.348 e. The monoisotopic (exact) mass is 388 g/mol. The van der Waals surface area contributed by atoms with E-state index in [4.69, 9.17) is 14.2 Å². The van der Waals surface area contributed by atoms with E-state index in [1.807, 2.05) is 18.2 Å². The molecule has 0 atom stereocenters. The van der Waals surface area contributed by atoms with Gasteiger partial charge in [-0.1, -0.05) is 25.1 Å². The molecule has 0 aliphatic carbocycles. The van der Waals surface area contributed by atoms with Crippen molar-refractivity contribution in [3.05, 3.63) is 35.4 Å².